The Morgan fingerprint density at radius 3 is 2.68 bits per heavy atom. The van der Waals surface area contributed by atoms with Gasteiger partial charge in [-0.1, -0.05) is 36.4 Å². The Bertz CT molecular complexity index is 1010. The molecular weight excluding hydrogens is 328 g/mol. The van der Waals surface area contributed by atoms with Gasteiger partial charge in [-0.2, -0.15) is 0 Å². The number of hydrogen-bond donors (Lipinski definition) is 1. The number of benzene rings is 2. The lowest BCUT2D eigenvalue weighted by molar-refractivity contribution is 0.867. The fourth-order valence-electron chi connectivity index (χ4n) is 2.85. The summed E-state index contributed by atoms with van der Waals surface area (Å²) in [4.78, 5) is 13.5. The van der Waals surface area contributed by atoms with Crippen molar-refractivity contribution in [3.05, 3.63) is 71.5 Å². The average Bonchev–Trinajstić information content (AvgIpc) is 3.09. The minimum Gasteiger partial charge on any atom is -0.363 e. The lowest BCUT2D eigenvalue weighted by atomic mass is 10.1. The number of nitrogens with one attached hydrogen (secondary N) is 1. The Morgan fingerprint density at radius 2 is 1.84 bits per heavy atom. The van der Waals surface area contributed by atoms with E-state index < -0.39 is 0 Å². The molecule has 5 heteroatoms. The smallest absolute Gasteiger partial charge is 0.130 e. The summed E-state index contributed by atoms with van der Waals surface area (Å²) >= 11 is 1.64. The quantitative estimate of drug-likeness (QED) is 0.549. The van der Waals surface area contributed by atoms with Gasteiger partial charge in [0.15, 0.2) is 0 Å². The third-order valence-electron chi connectivity index (χ3n) is 4.13. The summed E-state index contributed by atoms with van der Waals surface area (Å²) in [7, 11) is 0. The number of anilines is 1. The van der Waals surface area contributed by atoms with E-state index in [9.17, 15) is 0 Å². The molecule has 0 spiro atoms. The van der Waals surface area contributed by atoms with E-state index in [1.807, 2.05) is 30.6 Å². The van der Waals surface area contributed by atoms with Crippen LogP contribution in [0.4, 0.5) is 5.82 Å². The number of rotatable bonds is 4. The first-order chi connectivity index (χ1) is 12.2. The molecule has 0 saturated carbocycles. The predicted molar refractivity (Wildman–Crippen MR) is 104 cm³/mol. The topological polar surface area (TPSA) is 50.7 Å². The van der Waals surface area contributed by atoms with Crippen LogP contribution in [0, 0.1) is 6.92 Å². The van der Waals surface area contributed by atoms with Gasteiger partial charge in [0, 0.05) is 17.7 Å². The Balaban J connectivity index is 1.66. The molecule has 0 bridgehead atoms. The first kappa shape index (κ1) is 15.7. The van der Waals surface area contributed by atoms with Gasteiger partial charge in [-0.25, -0.2) is 15.0 Å². The highest BCUT2D eigenvalue weighted by Gasteiger charge is 2.10. The number of aromatic nitrogens is 3. The highest BCUT2D eigenvalue weighted by Crippen LogP contribution is 2.27. The van der Waals surface area contributed by atoms with Gasteiger partial charge in [0.2, 0.25) is 0 Å². The summed E-state index contributed by atoms with van der Waals surface area (Å²) in [5.41, 5.74) is 6.12. The maximum Gasteiger partial charge on any atom is 0.130 e. The van der Waals surface area contributed by atoms with E-state index >= 15 is 0 Å². The molecule has 2 heterocycles. The predicted octanol–water partition coefficient (Wildman–Crippen LogP) is 5.23. The fraction of sp³-hybridized carbons (Fsp3) is 0.150. The zero-order valence-electron chi connectivity index (χ0n) is 14.1. The van der Waals surface area contributed by atoms with Gasteiger partial charge in [0.1, 0.15) is 11.6 Å². The normalized spacial score (nSPS) is 12.2. The van der Waals surface area contributed by atoms with Crippen molar-refractivity contribution in [2.45, 2.75) is 19.9 Å². The Kier molecular flexibility index (Phi) is 4.15. The maximum absolute atomic E-state index is 4.61. The van der Waals surface area contributed by atoms with Crippen molar-refractivity contribution >= 4 is 27.4 Å². The second-order valence-electron chi connectivity index (χ2n) is 6.00. The maximum atomic E-state index is 4.61. The number of thiazole rings is 1. The van der Waals surface area contributed by atoms with Crippen LogP contribution >= 0.6 is 11.3 Å². The van der Waals surface area contributed by atoms with Crippen LogP contribution in [0.5, 0.6) is 0 Å². The standard InChI is InChI=1S/C20H18N4S/c1-13(15-6-4-3-5-7-15)22-20-11-18(23-14(2)24-20)16-8-9-17-19(10-16)25-12-21-17/h3-13H,1-2H3,(H,22,23,24). The summed E-state index contributed by atoms with van der Waals surface area (Å²) < 4.78 is 1.17. The molecule has 1 N–H and O–H groups in total. The molecule has 0 radical (unpaired) electrons. The molecular formula is C20H18N4S. The van der Waals surface area contributed by atoms with Crippen molar-refractivity contribution in [2.24, 2.45) is 0 Å². The first-order valence-electron chi connectivity index (χ1n) is 8.20. The minimum atomic E-state index is 0.173. The molecule has 0 aliphatic rings. The van der Waals surface area contributed by atoms with E-state index in [2.05, 4.69) is 63.6 Å². The monoisotopic (exact) mass is 346 g/mol. The molecule has 0 fully saturated rings. The molecule has 0 aliphatic carbocycles. The zero-order chi connectivity index (χ0) is 17.2. The molecule has 4 aromatic rings. The average molecular weight is 346 g/mol. The summed E-state index contributed by atoms with van der Waals surface area (Å²) in [6, 6.07) is 18.8. The van der Waals surface area contributed by atoms with Crippen LogP contribution in [0.15, 0.2) is 60.1 Å². The van der Waals surface area contributed by atoms with E-state index in [1.165, 1.54) is 10.3 Å². The number of hydrogen-bond acceptors (Lipinski definition) is 5. The second kappa shape index (κ2) is 6.61. The van der Waals surface area contributed by atoms with Crippen molar-refractivity contribution < 1.29 is 0 Å². The molecule has 2 aromatic carbocycles. The van der Waals surface area contributed by atoms with Crippen LogP contribution < -0.4 is 5.32 Å². The lowest BCUT2D eigenvalue weighted by Gasteiger charge is -2.16. The van der Waals surface area contributed by atoms with Gasteiger partial charge in [-0.05, 0) is 31.5 Å². The summed E-state index contributed by atoms with van der Waals surface area (Å²) in [5.74, 6) is 1.59. The van der Waals surface area contributed by atoms with E-state index in [1.54, 1.807) is 11.3 Å². The lowest BCUT2D eigenvalue weighted by Crippen LogP contribution is -2.09. The van der Waals surface area contributed by atoms with Crippen LogP contribution in [0.1, 0.15) is 24.4 Å². The second-order valence-corrected chi connectivity index (χ2v) is 6.88. The third-order valence-corrected chi connectivity index (χ3v) is 4.92. The molecule has 0 aliphatic heterocycles. The molecule has 0 saturated heterocycles. The van der Waals surface area contributed by atoms with Crippen LogP contribution in [-0.2, 0) is 0 Å². The number of fused-ring (bicyclic) bond motifs is 1. The molecule has 25 heavy (non-hydrogen) atoms. The van der Waals surface area contributed by atoms with E-state index in [-0.39, 0.29) is 6.04 Å². The summed E-state index contributed by atoms with van der Waals surface area (Å²) in [5, 5.41) is 3.48. The first-order valence-corrected chi connectivity index (χ1v) is 9.08. The molecule has 1 unspecified atom stereocenters. The molecule has 124 valence electrons. The third kappa shape index (κ3) is 3.37. The van der Waals surface area contributed by atoms with E-state index in [0.717, 1.165) is 28.4 Å². The molecule has 2 aromatic heterocycles. The number of nitrogens with zero attached hydrogens (tertiary/aromatic N) is 3. The van der Waals surface area contributed by atoms with Crippen molar-refractivity contribution in [2.75, 3.05) is 5.32 Å². The largest absolute Gasteiger partial charge is 0.363 e. The highest BCUT2D eigenvalue weighted by molar-refractivity contribution is 7.16. The van der Waals surface area contributed by atoms with Crippen LogP contribution in [0.25, 0.3) is 21.5 Å². The van der Waals surface area contributed by atoms with Crippen LogP contribution in [0.3, 0.4) is 0 Å². The van der Waals surface area contributed by atoms with Gasteiger partial charge in [0.25, 0.3) is 0 Å². The van der Waals surface area contributed by atoms with Crippen molar-refractivity contribution in [1.82, 2.24) is 15.0 Å². The fourth-order valence-corrected chi connectivity index (χ4v) is 3.57. The van der Waals surface area contributed by atoms with Gasteiger partial charge >= 0.3 is 0 Å². The van der Waals surface area contributed by atoms with Gasteiger partial charge in [0.05, 0.1) is 21.4 Å². The summed E-state index contributed by atoms with van der Waals surface area (Å²) in [6.07, 6.45) is 0. The van der Waals surface area contributed by atoms with E-state index in [0.29, 0.717) is 0 Å². The summed E-state index contributed by atoms with van der Waals surface area (Å²) in [6.45, 7) is 4.06. The van der Waals surface area contributed by atoms with Gasteiger partial charge in [-0.15, -0.1) is 11.3 Å². The molecule has 0 amide bonds. The van der Waals surface area contributed by atoms with Gasteiger partial charge < -0.3 is 5.32 Å². The highest BCUT2D eigenvalue weighted by atomic mass is 32.1. The molecule has 4 nitrogen and oxygen atoms in total. The Morgan fingerprint density at radius 1 is 1.00 bits per heavy atom. The van der Waals surface area contributed by atoms with Crippen molar-refractivity contribution in [3.8, 4) is 11.3 Å². The minimum absolute atomic E-state index is 0.173. The van der Waals surface area contributed by atoms with Crippen molar-refractivity contribution in [1.29, 1.82) is 0 Å². The Hall–Kier alpha value is -2.79. The van der Waals surface area contributed by atoms with Crippen LogP contribution in [0.2, 0.25) is 0 Å². The number of aryl methyl sites for hydroxylation is 1. The SMILES string of the molecule is Cc1nc(NC(C)c2ccccc2)cc(-c2ccc3ncsc3c2)n1. The zero-order valence-corrected chi connectivity index (χ0v) is 14.9. The van der Waals surface area contributed by atoms with Crippen molar-refractivity contribution in [3.63, 3.8) is 0 Å². The molecule has 4 rings (SSSR count). The van der Waals surface area contributed by atoms with E-state index in [4.69, 9.17) is 0 Å². The van der Waals surface area contributed by atoms with Gasteiger partial charge in [-0.3, -0.25) is 0 Å². The molecule has 1 atom stereocenters. The van der Waals surface area contributed by atoms with Crippen LogP contribution in [-0.4, -0.2) is 15.0 Å². The Labute approximate surface area is 150 Å².